The number of fused-ring (bicyclic) bond motifs is 1. The van der Waals surface area contributed by atoms with E-state index in [0.29, 0.717) is 24.4 Å². The van der Waals surface area contributed by atoms with Crippen LogP contribution < -0.4 is 15.5 Å². The molecule has 1 aliphatic rings. The van der Waals surface area contributed by atoms with Crippen molar-refractivity contribution in [3.05, 3.63) is 94.8 Å². The van der Waals surface area contributed by atoms with E-state index in [0.717, 1.165) is 41.8 Å². The van der Waals surface area contributed by atoms with Gasteiger partial charge in [-0.15, -0.1) is 0 Å². The van der Waals surface area contributed by atoms with Gasteiger partial charge in [-0.1, -0.05) is 30.3 Å². The van der Waals surface area contributed by atoms with Crippen molar-refractivity contribution in [2.75, 3.05) is 30.4 Å². The second-order valence-electron chi connectivity index (χ2n) is 8.27. The van der Waals surface area contributed by atoms with E-state index in [1.807, 2.05) is 47.4 Å². The molecule has 0 radical (unpaired) electrons. The second kappa shape index (κ2) is 10.9. The minimum absolute atomic E-state index is 0.0687. The number of benzene rings is 3. The van der Waals surface area contributed by atoms with Crippen molar-refractivity contribution in [1.82, 2.24) is 5.32 Å². The number of carbonyl (C=O) groups is 2. The predicted octanol–water partition coefficient (Wildman–Crippen LogP) is 4.29. The lowest BCUT2D eigenvalue weighted by Crippen LogP contribution is -2.39. The molecule has 0 aromatic heterocycles. The fourth-order valence-electron chi connectivity index (χ4n) is 4.23. The molecule has 0 atom stereocenters. The van der Waals surface area contributed by atoms with Crippen LogP contribution in [0.2, 0.25) is 0 Å². The number of methoxy groups -OCH3 is 1. The highest BCUT2D eigenvalue weighted by molar-refractivity contribution is 6.05. The van der Waals surface area contributed by atoms with Crippen LogP contribution in [0.3, 0.4) is 0 Å². The molecule has 3 aromatic rings. The van der Waals surface area contributed by atoms with Crippen LogP contribution in [0.15, 0.2) is 66.7 Å². The number of hydrogen-bond donors (Lipinski definition) is 2. The highest BCUT2D eigenvalue weighted by atomic mass is 19.1. The molecule has 0 spiro atoms. The van der Waals surface area contributed by atoms with Gasteiger partial charge in [0.1, 0.15) is 5.82 Å². The Morgan fingerprint density at radius 3 is 2.53 bits per heavy atom. The van der Waals surface area contributed by atoms with Gasteiger partial charge in [-0.25, -0.2) is 4.39 Å². The van der Waals surface area contributed by atoms with E-state index in [2.05, 4.69) is 10.6 Å². The quantitative estimate of drug-likeness (QED) is 0.525. The monoisotopic (exact) mass is 461 g/mol. The van der Waals surface area contributed by atoms with Crippen LogP contribution in [0.5, 0.6) is 0 Å². The Balaban J connectivity index is 1.42. The molecular formula is C27H28FN3O3. The van der Waals surface area contributed by atoms with Crippen LogP contribution in [0, 0.1) is 5.82 Å². The molecule has 0 fully saturated rings. The van der Waals surface area contributed by atoms with Gasteiger partial charge in [-0.3, -0.25) is 9.59 Å². The Morgan fingerprint density at radius 1 is 1.00 bits per heavy atom. The van der Waals surface area contributed by atoms with E-state index >= 15 is 0 Å². The van der Waals surface area contributed by atoms with Crippen molar-refractivity contribution in [1.29, 1.82) is 0 Å². The fourth-order valence-corrected chi connectivity index (χ4v) is 4.23. The Labute approximate surface area is 198 Å². The Bertz CT molecular complexity index is 1160. The molecule has 3 aromatic carbocycles. The van der Waals surface area contributed by atoms with Gasteiger partial charge in [-0.05, 0) is 65.9 Å². The molecule has 6 nitrogen and oxygen atoms in total. The first-order valence-electron chi connectivity index (χ1n) is 11.3. The summed E-state index contributed by atoms with van der Waals surface area (Å²) in [5, 5.41) is 5.96. The number of rotatable bonds is 8. The van der Waals surface area contributed by atoms with E-state index in [1.54, 1.807) is 7.11 Å². The van der Waals surface area contributed by atoms with Gasteiger partial charge < -0.3 is 20.3 Å². The molecule has 0 aliphatic carbocycles. The van der Waals surface area contributed by atoms with E-state index < -0.39 is 0 Å². The molecule has 2 amide bonds. The van der Waals surface area contributed by atoms with Crippen molar-refractivity contribution < 1.29 is 18.7 Å². The van der Waals surface area contributed by atoms with Gasteiger partial charge in [0, 0.05) is 37.1 Å². The predicted molar refractivity (Wildman–Crippen MR) is 130 cm³/mol. The van der Waals surface area contributed by atoms with Crippen molar-refractivity contribution >= 4 is 23.2 Å². The molecule has 0 saturated heterocycles. The van der Waals surface area contributed by atoms with Gasteiger partial charge >= 0.3 is 0 Å². The highest BCUT2D eigenvalue weighted by Gasteiger charge is 2.22. The summed E-state index contributed by atoms with van der Waals surface area (Å²) in [6, 6.07) is 19.0. The zero-order valence-corrected chi connectivity index (χ0v) is 19.1. The average Bonchev–Trinajstić information content (AvgIpc) is 2.84. The van der Waals surface area contributed by atoms with Gasteiger partial charge in [0.2, 0.25) is 5.91 Å². The molecule has 34 heavy (non-hydrogen) atoms. The van der Waals surface area contributed by atoms with Crippen LogP contribution in [-0.2, 0) is 29.1 Å². The molecule has 4 rings (SSSR count). The maximum atomic E-state index is 13.2. The number of amides is 2. The summed E-state index contributed by atoms with van der Waals surface area (Å²) >= 11 is 0. The van der Waals surface area contributed by atoms with Crippen LogP contribution in [-0.4, -0.2) is 32.0 Å². The molecular weight excluding hydrogens is 433 g/mol. The van der Waals surface area contributed by atoms with E-state index in [-0.39, 0.29) is 24.2 Å². The van der Waals surface area contributed by atoms with Crippen LogP contribution in [0.4, 0.5) is 15.8 Å². The minimum atomic E-state index is -0.384. The number of halogens is 1. The van der Waals surface area contributed by atoms with Gasteiger partial charge in [0.05, 0.1) is 13.2 Å². The lowest BCUT2D eigenvalue weighted by molar-refractivity contribution is -0.119. The summed E-state index contributed by atoms with van der Waals surface area (Å²) in [5.41, 5.74) is 5.13. The summed E-state index contributed by atoms with van der Waals surface area (Å²) in [6.07, 6.45) is 1.68. The minimum Gasteiger partial charge on any atom is -0.380 e. The fraction of sp³-hybridized carbons (Fsp3) is 0.259. The third-order valence-corrected chi connectivity index (χ3v) is 5.93. The maximum Gasteiger partial charge on any atom is 0.255 e. The van der Waals surface area contributed by atoms with Crippen LogP contribution >= 0.6 is 0 Å². The van der Waals surface area contributed by atoms with Gasteiger partial charge in [-0.2, -0.15) is 0 Å². The first-order chi connectivity index (χ1) is 16.5. The van der Waals surface area contributed by atoms with Crippen molar-refractivity contribution in [3.63, 3.8) is 0 Å². The zero-order valence-electron chi connectivity index (χ0n) is 19.1. The average molecular weight is 462 g/mol. The number of nitrogens with one attached hydrogen (secondary N) is 2. The van der Waals surface area contributed by atoms with Gasteiger partial charge in [0.25, 0.3) is 5.91 Å². The molecule has 0 bridgehead atoms. The molecule has 1 heterocycles. The second-order valence-corrected chi connectivity index (χ2v) is 8.27. The van der Waals surface area contributed by atoms with Crippen LogP contribution in [0.1, 0.15) is 33.5 Å². The third-order valence-electron chi connectivity index (χ3n) is 5.93. The maximum absolute atomic E-state index is 13.2. The summed E-state index contributed by atoms with van der Waals surface area (Å²) in [4.78, 5) is 27.4. The largest absolute Gasteiger partial charge is 0.380 e. The Kier molecular flexibility index (Phi) is 7.54. The highest BCUT2D eigenvalue weighted by Crippen LogP contribution is 2.33. The SMILES string of the molecule is COCc1ccccc1CNC(=O)CN1CCCc2c(NC(=O)c3ccc(F)cc3)cccc21. The first-order valence-corrected chi connectivity index (χ1v) is 11.3. The number of ether oxygens (including phenoxy) is 1. The molecule has 176 valence electrons. The van der Waals surface area contributed by atoms with Crippen molar-refractivity contribution in [2.45, 2.75) is 26.0 Å². The molecule has 0 saturated carbocycles. The number of anilines is 2. The zero-order chi connectivity index (χ0) is 23.9. The summed E-state index contributed by atoms with van der Waals surface area (Å²) in [5.74, 6) is -0.747. The topological polar surface area (TPSA) is 70.7 Å². The summed E-state index contributed by atoms with van der Waals surface area (Å²) in [6.45, 7) is 1.93. The normalized spacial score (nSPS) is 12.7. The number of carbonyl (C=O) groups excluding carboxylic acids is 2. The summed E-state index contributed by atoms with van der Waals surface area (Å²) in [7, 11) is 1.65. The first kappa shape index (κ1) is 23.4. The standard InChI is InChI=1S/C27H28FN3O3/c1-34-18-21-7-3-2-6-20(21)16-29-26(32)17-31-15-5-8-23-24(9-4-10-25(23)31)30-27(33)19-11-13-22(28)14-12-19/h2-4,6-7,9-14H,5,8,15-18H2,1H3,(H,29,32)(H,30,33). The molecule has 2 N–H and O–H groups in total. The number of nitrogens with zero attached hydrogens (tertiary/aromatic N) is 1. The Hall–Kier alpha value is -3.71. The molecule has 1 aliphatic heterocycles. The van der Waals surface area contributed by atoms with E-state index in [9.17, 15) is 14.0 Å². The van der Waals surface area contributed by atoms with E-state index in [4.69, 9.17) is 4.74 Å². The van der Waals surface area contributed by atoms with Crippen LogP contribution in [0.25, 0.3) is 0 Å². The smallest absolute Gasteiger partial charge is 0.255 e. The number of hydrogen-bond acceptors (Lipinski definition) is 4. The van der Waals surface area contributed by atoms with E-state index in [1.165, 1.54) is 24.3 Å². The lowest BCUT2D eigenvalue weighted by Gasteiger charge is -2.32. The Morgan fingerprint density at radius 2 is 1.76 bits per heavy atom. The molecule has 7 heteroatoms. The molecule has 0 unspecified atom stereocenters. The lowest BCUT2D eigenvalue weighted by atomic mass is 9.99. The third kappa shape index (κ3) is 5.61. The summed E-state index contributed by atoms with van der Waals surface area (Å²) < 4.78 is 18.4. The van der Waals surface area contributed by atoms with Gasteiger partial charge in [0.15, 0.2) is 0 Å². The van der Waals surface area contributed by atoms with Crippen molar-refractivity contribution in [2.24, 2.45) is 0 Å². The van der Waals surface area contributed by atoms with Crippen molar-refractivity contribution in [3.8, 4) is 0 Å².